The molecule has 0 unspecified atom stereocenters. The van der Waals surface area contributed by atoms with Gasteiger partial charge in [-0.05, 0) is 48.9 Å². The van der Waals surface area contributed by atoms with Gasteiger partial charge in [0.15, 0.2) is 0 Å². The van der Waals surface area contributed by atoms with Crippen LogP contribution in [0.5, 0.6) is 0 Å². The molecular weight excluding hydrogens is 402 g/mol. The van der Waals surface area contributed by atoms with Crippen LogP contribution in [0, 0.1) is 17.0 Å². The lowest BCUT2D eigenvalue weighted by Gasteiger charge is -2.09. The van der Waals surface area contributed by atoms with Crippen LogP contribution in [0.3, 0.4) is 0 Å². The Morgan fingerprint density at radius 1 is 0.967 bits per heavy atom. The van der Waals surface area contributed by atoms with Crippen molar-refractivity contribution in [2.75, 3.05) is 16.4 Å². The maximum absolute atomic E-state index is 12.3. The number of rotatable bonds is 7. The summed E-state index contributed by atoms with van der Waals surface area (Å²) in [6.07, 6.45) is 0. The van der Waals surface area contributed by atoms with Crippen LogP contribution in [-0.2, 0) is 4.79 Å². The normalized spacial score (nSPS) is 10.3. The van der Waals surface area contributed by atoms with E-state index in [1.54, 1.807) is 24.3 Å². The molecule has 0 spiro atoms. The number of carbonyl (C=O) groups excluding carboxylic acids is 2. The van der Waals surface area contributed by atoms with Gasteiger partial charge in [-0.1, -0.05) is 24.3 Å². The van der Waals surface area contributed by atoms with Crippen LogP contribution in [-0.4, -0.2) is 22.5 Å². The van der Waals surface area contributed by atoms with Crippen LogP contribution in [0.25, 0.3) is 0 Å². The average molecular weight is 421 g/mol. The van der Waals surface area contributed by atoms with Crippen molar-refractivity contribution in [1.29, 1.82) is 0 Å². The number of carbonyl (C=O) groups is 2. The fourth-order valence-electron chi connectivity index (χ4n) is 2.65. The number of nitrogens with zero attached hydrogens (tertiary/aromatic N) is 1. The van der Waals surface area contributed by atoms with E-state index in [0.29, 0.717) is 5.69 Å². The van der Waals surface area contributed by atoms with Crippen LogP contribution in [0.4, 0.5) is 17.1 Å². The monoisotopic (exact) mass is 421 g/mol. The standard InChI is InChI=1S/C22H19N3O4S/c1-15-5-2-3-8-20(15)24-21(26)14-30-19-11-9-17(10-12-19)23-22(27)16-6-4-7-18(13-16)25(28)29/h2-13H,14H2,1H3,(H,23,27)(H,24,26). The van der Waals surface area contributed by atoms with E-state index < -0.39 is 10.8 Å². The van der Waals surface area contributed by atoms with Crippen LogP contribution in [0.2, 0.25) is 0 Å². The molecular formula is C22H19N3O4S. The minimum Gasteiger partial charge on any atom is -0.325 e. The van der Waals surface area contributed by atoms with E-state index in [2.05, 4.69) is 10.6 Å². The van der Waals surface area contributed by atoms with E-state index in [9.17, 15) is 19.7 Å². The first-order valence-electron chi connectivity index (χ1n) is 9.06. The van der Waals surface area contributed by atoms with Gasteiger partial charge in [-0.3, -0.25) is 19.7 Å². The fraction of sp³-hybridized carbons (Fsp3) is 0.0909. The van der Waals surface area contributed by atoms with Gasteiger partial charge in [0.2, 0.25) is 5.91 Å². The Balaban J connectivity index is 1.54. The Morgan fingerprint density at radius 3 is 2.40 bits per heavy atom. The first-order valence-corrected chi connectivity index (χ1v) is 10.0. The second kappa shape index (κ2) is 9.71. The molecule has 0 bridgehead atoms. The Bertz CT molecular complexity index is 1080. The molecule has 2 N–H and O–H groups in total. The SMILES string of the molecule is Cc1ccccc1NC(=O)CSc1ccc(NC(=O)c2cccc([N+](=O)[O-])c2)cc1. The highest BCUT2D eigenvalue weighted by Gasteiger charge is 2.12. The molecule has 152 valence electrons. The summed E-state index contributed by atoms with van der Waals surface area (Å²) < 4.78 is 0. The van der Waals surface area contributed by atoms with Crippen LogP contribution >= 0.6 is 11.8 Å². The summed E-state index contributed by atoms with van der Waals surface area (Å²) in [4.78, 5) is 35.6. The predicted molar refractivity (Wildman–Crippen MR) is 118 cm³/mol. The summed E-state index contributed by atoms with van der Waals surface area (Å²) in [5.74, 6) is -0.276. The molecule has 0 aliphatic rings. The summed E-state index contributed by atoms with van der Waals surface area (Å²) >= 11 is 1.38. The van der Waals surface area contributed by atoms with E-state index in [1.807, 2.05) is 31.2 Å². The smallest absolute Gasteiger partial charge is 0.270 e. The molecule has 3 aromatic rings. The zero-order chi connectivity index (χ0) is 21.5. The number of non-ortho nitro benzene ring substituents is 1. The lowest BCUT2D eigenvalue weighted by atomic mass is 10.2. The Morgan fingerprint density at radius 2 is 1.70 bits per heavy atom. The van der Waals surface area contributed by atoms with Crippen LogP contribution in [0.1, 0.15) is 15.9 Å². The van der Waals surface area contributed by atoms with Gasteiger partial charge in [0.1, 0.15) is 0 Å². The molecule has 0 atom stereocenters. The first-order chi connectivity index (χ1) is 14.4. The van der Waals surface area contributed by atoms with Crippen molar-refractivity contribution in [3.63, 3.8) is 0 Å². The largest absolute Gasteiger partial charge is 0.325 e. The Kier molecular flexibility index (Phi) is 6.82. The van der Waals surface area contributed by atoms with E-state index in [4.69, 9.17) is 0 Å². The van der Waals surface area contributed by atoms with Gasteiger partial charge in [0.25, 0.3) is 11.6 Å². The number of hydrogen-bond donors (Lipinski definition) is 2. The zero-order valence-electron chi connectivity index (χ0n) is 16.1. The fourth-order valence-corrected chi connectivity index (χ4v) is 3.35. The van der Waals surface area contributed by atoms with Gasteiger partial charge >= 0.3 is 0 Å². The van der Waals surface area contributed by atoms with Crippen molar-refractivity contribution in [1.82, 2.24) is 0 Å². The van der Waals surface area contributed by atoms with Gasteiger partial charge in [-0.15, -0.1) is 11.8 Å². The van der Waals surface area contributed by atoms with Crippen molar-refractivity contribution >= 4 is 40.6 Å². The number of benzene rings is 3. The molecule has 8 heteroatoms. The molecule has 0 aliphatic heterocycles. The number of nitro groups is 1. The third-order valence-electron chi connectivity index (χ3n) is 4.22. The average Bonchev–Trinajstić information content (AvgIpc) is 2.75. The molecule has 3 rings (SSSR count). The number of nitro benzene ring substituents is 1. The third-order valence-corrected chi connectivity index (χ3v) is 5.23. The second-order valence-electron chi connectivity index (χ2n) is 6.44. The van der Waals surface area contributed by atoms with Gasteiger partial charge in [0.05, 0.1) is 10.7 Å². The summed E-state index contributed by atoms with van der Waals surface area (Å²) in [7, 11) is 0. The molecule has 2 amide bonds. The quantitative estimate of drug-likeness (QED) is 0.321. The van der Waals surface area contributed by atoms with E-state index in [-0.39, 0.29) is 22.9 Å². The maximum Gasteiger partial charge on any atom is 0.270 e. The van der Waals surface area contributed by atoms with Gasteiger partial charge < -0.3 is 10.6 Å². The topological polar surface area (TPSA) is 101 Å². The molecule has 0 radical (unpaired) electrons. The summed E-state index contributed by atoms with van der Waals surface area (Å²) in [5.41, 5.74) is 2.41. The molecule has 0 heterocycles. The second-order valence-corrected chi connectivity index (χ2v) is 7.49. The summed E-state index contributed by atoms with van der Waals surface area (Å²) in [5, 5.41) is 16.4. The number of thioether (sulfide) groups is 1. The van der Waals surface area contributed by atoms with Crippen molar-refractivity contribution in [2.24, 2.45) is 0 Å². The van der Waals surface area contributed by atoms with Crippen LogP contribution in [0.15, 0.2) is 77.7 Å². The van der Waals surface area contributed by atoms with Crippen molar-refractivity contribution in [3.8, 4) is 0 Å². The molecule has 0 aromatic heterocycles. The number of para-hydroxylation sites is 1. The number of nitrogens with one attached hydrogen (secondary N) is 2. The highest BCUT2D eigenvalue weighted by molar-refractivity contribution is 8.00. The molecule has 3 aromatic carbocycles. The highest BCUT2D eigenvalue weighted by Crippen LogP contribution is 2.22. The van der Waals surface area contributed by atoms with Crippen molar-refractivity contribution in [2.45, 2.75) is 11.8 Å². The molecule has 30 heavy (non-hydrogen) atoms. The Labute approximate surface area is 177 Å². The molecule has 0 saturated heterocycles. The number of anilines is 2. The molecule has 0 fully saturated rings. The highest BCUT2D eigenvalue weighted by atomic mass is 32.2. The molecule has 0 saturated carbocycles. The summed E-state index contributed by atoms with van der Waals surface area (Å²) in [6.45, 7) is 1.93. The van der Waals surface area contributed by atoms with E-state index in [1.165, 1.54) is 36.0 Å². The van der Waals surface area contributed by atoms with Crippen LogP contribution < -0.4 is 10.6 Å². The molecule has 7 nitrogen and oxygen atoms in total. The Hall–Kier alpha value is -3.65. The third kappa shape index (κ3) is 5.68. The first kappa shape index (κ1) is 21.1. The van der Waals surface area contributed by atoms with Gasteiger partial charge in [-0.25, -0.2) is 0 Å². The lowest BCUT2D eigenvalue weighted by Crippen LogP contribution is -2.14. The minimum absolute atomic E-state index is 0.0997. The summed E-state index contributed by atoms with van der Waals surface area (Å²) in [6, 6.07) is 20.2. The maximum atomic E-state index is 12.3. The van der Waals surface area contributed by atoms with E-state index >= 15 is 0 Å². The minimum atomic E-state index is -0.544. The lowest BCUT2D eigenvalue weighted by molar-refractivity contribution is -0.384. The number of hydrogen-bond acceptors (Lipinski definition) is 5. The zero-order valence-corrected chi connectivity index (χ0v) is 16.9. The van der Waals surface area contributed by atoms with Gasteiger partial charge in [0, 0.05) is 34.0 Å². The van der Waals surface area contributed by atoms with Crippen molar-refractivity contribution < 1.29 is 14.5 Å². The van der Waals surface area contributed by atoms with Gasteiger partial charge in [-0.2, -0.15) is 0 Å². The number of amides is 2. The van der Waals surface area contributed by atoms with Crippen molar-refractivity contribution in [3.05, 3.63) is 94.0 Å². The molecule has 0 aliphatic carbocycles. The van der Waals surface area contributed by atoms with E-state index in [0.717, 1.165) is 16.1 Å². The predicted octanol–water partition coefficient (Wildman–Crippen LogP) is 4.89. The number of aryl methyl sites for hydroxylation is 1.